The van der Waals surface area contributed by atoms with E-state index in [1.54, 1.807) is 19.2 Å². The molecule has 2 aromatic rings. The molecule has 0 saturated heterocycles. The molecule has 0 fully saturated rings. The van der Waals surface area contributed by atoms with Crippen LogP contribution in [0.2, 0.25) is 0 Å². The van der Waals surface area contributed by atoms with Crippen molar-refractivity contribution in [1.82, 2.24) is 10.2 Å². The van der Waals surface area contributed by atoms with Gasteiger partial charge in [0.15, 0.2) is 5.96 Å². The number of nitrogens with two attached hydrogens (primary N) is 1. The van der Waals surface area contributed by atoms with Gasteiger partial charge in [0.1, 0.15) is 5.82 Å². The summed E-state index contributed by atoms with van der Waals surface area (Å²) >= 11 is 0. The number of halogens is 2. The van der Waals surface area contributed by atoms with Gasteiger partial charge in [-0.15, -0.1) is 24.0 Å². The van der Waals surface area contributed by atoms with E-state index < -0.39 is 11.8 Å². The van der Waals surface area contributed by atoms with Crippen molar-refractivity contribution in [3.05, 3.63) is 71.5 Å². The molecule has 3 N–H and O–H groups in total. The van der Waals surface area contributed by atoms with E-state index in [1.165, 1.54) is 12.1 Å². The third-order valence-electron chi connectivity index (χ3n) is 4.14. The van der Waals surface area contributed by atoms with Gasteiger partial charge in [-0.1, -0.05) is 42.5 Å². The van der Waals surface area contributed by atoms with Crippen LogP contribution < -0.4 is 11.1 Å². The van der Waals surface area contributed by atoms with Gasteiger partial charge < -0.3 is 16.0 Å². The monoisotopic (exact) mass is 484 g/mol. The first-order valence-electron chi connectivity index (χ1n) is 8.49. The number of benzene rings is 2. The summed E-state index contributed by atoms with van der Waals surface area (Å²) in [5.74, 6) is -0.435. The number of nitrogens with one attached hydrogen (secondary N) is 1. The van der Waals surface area contributed by atoms with E-state index in [1.807, 2.05) is 42.3 Å². The van der Waals surface area contributed by atoms with Crippen LogP contribution >= 0.6 is 24.0 Å². The fourth-order valence-electron chi connectivity index (χ4n) is 2.71. The molecule has 0 radical (unpaired) electrons. The molecule has 1 unspecified atom stereocenters. The largest absolute Gasteiger partial charge is 0.369 e. The average Bonchev–Trinajstić information content (AvgIpc) is 2.63. The van der Waals surface area contributed by atoms with Crippen molar-refractivity contribution in [3.8, 4) is 0 Å². The SMILES string of the molecule is CN=C(NCC(Cc1ccc(F)cc1)C(N)=O)N(C)Cc1ccccc1.I. The van der Waals surface area contributed by atoms with Crippen LogP contribution in [0.4, 0.5) is 4.39 Å². The molecule has 146 valence electrons. The van der Waals surface area contributed by atoms with Crippen LogP contribution in [0, 0.1) is 11.7 Å². The maximum atomic E-state index is 13.0. The number of nitrogens with zero attached hydrogens (tertiary/aromatic N) is 2. The smallest absolute Gasteiger partial charge is 0.222 e. The van der Waals surface area contributed by atoms with Crippen LogP contribution in [0.3, 0.4) is 0 Å². The number of carbonyl (C=O) groups is 1. The van der Waals surface area contributed by atoms with Gasteiger partial charge in [0, 0.05) is 27.2 Å². The molecule has 0 saturated carbocycles. The van der Waals surface area contributed by atoms with Crippen LogP contribution in [0.1, 0.15) is 11.1 Å². The summed E-state index contributed by atoms with van der Waals surface area (Å²) in [6, 6.07) is 16.2. The Kier molecular flexibility index (Phi) is 9.77. The number of aliphatic imine (C=N–C) groups is 1. The molecule has 0 bridgehead atoms. The first-order chi connectivity index (χ1) is 12.5. The van der Waals surface area contributed by atoms with Crippen LogP contribution in [0.15, 0.2) is 59.6 Å². The highest BCUT2D eigenvalue weighted by Crippen LogP contribution is 2.10. The molecule has 27 heavy (non-hydrogen) atoms. The summed E-state index contributed by atoms with van der Waals surface area (Å²) in [5.41, 5.74) is 7.56. The number of amides is 1. The van der Waals surface area contributed by atoms with Crippen molar-refractivity contribution >= 4 is 35.8 Å². The van der Waals surface area contributed by atoms with Crippen LogP contribution in [0.5, 0.6) is 0 Å². The van der Waals surface area contributed by atoms with E-state index in [2.05, 4.69) is 10.3 Å². The molecule has 0 aliphatic heterocycles. The molecule has 1 atom stereocenters. The Morgan fingerprint density at radius 1 is 1.15 bits per heavy atom. The Morgan fingerprint density at radius 3 is 2.33 bits per heavy atom. The predicted molar refractivity (Wildman–Crippen MR) is 117 cm³/mol. The summed E-state index contributed by atoms with van der Waals surface area (Å²) in [5, 5.41) is 3.20. The molecular formula is C20H26FIN4O. The van der Waals surface area contributed by atoms with Gasteiger partial charge in [-0.05, 0) is 29.7 Å². The van der Waals surface area contributed by atoms with Gasteiger partial charge in [0.05, 0.1) is 5.92 Å². The molecule has 2 aromatic carbocycles. The molecule has 0 aliphatic rings. The van der Waals surface area contributed by atoms with Crippen LogP contribution in [-0.4, -0.2) is 37.4 Å². The topological polar surface area (TPSA) is 70.7 Å². The van der Waals surface area contributed by atoms with Gasteiger partial charge in [0.25, 0.3) is 0 Å². The van der Waals surface area contributed by atoms with E-state index in [4.69, 9.17) is 5.73 Å². The first kappa shape index (κ1) is 22.9. The highest BCUT2D eigenvalue weighted by molar-refractivity contribution is 14.0. The summed E-state index contributed by atoms with van der Waals surface area (Å²) in [6.45, 7) is 1.05. The number of rotatable bonds is 7. The highest BCUT2D eigenvalue weighted by atomic mass is 127. The average molecular weight is 484 g/mol. The van der Waals surface area contributed by atoms with Crippen LogP contribution in [-0.2, 0) is 17.8 Å². The quantitative estimate of drug-likeness (QED) is 0.361. The minimum Gasteiger partial charge on any atom is -0.369 e. The van der Waals surface area contributed by atoms with Crippen LogP contribution in [0.25, 0.3) is 0 Å². The fraction of sp³-hybridized carbons (Fsp3) is 0.300. The van der Waals surface area contributed by atoms with E-state index in [-0.39, 0.29) is 29.8 Å². The molecule has 0 heterocycles. The number of primary amides is 1. The number of carbonyl (C=O) groups excluding carboxylic acids is 1. The van der Waals surface area contributed by atoms with Crippen molar-refractivity contribution < 1.29 is 9.18 Å². The van der Waals surface area contributed by atoms with Gasteiger partial charge in [-0.3, -0.25) is 9.79 Å². The minimum absolute atomic E-state index is 0. The van der Waals surface area contributed by atoms with E-state index in [9.17, 15) is 9.18 Å². The Hall–Kier alpha value is -2.16. The lowest BCUT2D eigenvalue weighted by Crippen LogP contribution is -2.43. The molecule has 7 heteroatoms. The Labute approximate surface area is 176 Å². The summed E-state index contributed by atoms with van der Waals surface area (Å²) in [7, 11) is 3.63. The number of guanidine groups is 1. The Morgan fingerprint density at radius 2 is 1.78 bits per heavy atom. The van der Waals surface area contributed by atoms with Crippen molar-refractivity contribution in [3.63, 3.8) is 0 Å². The van der Waals surface area contributed by atoms with E-state index in [0.29, 0.717) is 25.5 Å². The van der Waals surface area contributed by atoms with Gasteiger partial charge in [-0.25, -0.2) is 4.39 Å². The van der Waals surface area contributed by atoms with Crippen molar-refractivity contribution in [1.29, 1.82) is 0 Å². The van der Waals surface area contributed by atoms with Crippen molar-refractivity contribution in [2.75, 3.05) is 20.6 Å². The Balaban J connectivity index is 0.00000364. The van der Waals surface area contributed by atoms with Gasteiger partial charge in [-0.2, -0.15) is 0 Å². The third-order valence-corrected chi connectivity index (χ3v) is 4.14. The summed E-state index contributed by atoms with van der Waals surface area (Å²) < 4.78 is 13.0. The molecular weight excluding hydrogens is 458 g/mol. The van der Waals surface area contributed by atoms with Crippen molar-refractivity contribution in [2.24, 2.45) is 16.6 Å². The minimum atomic E-state index is -0.415. The van der Waals surface area contributed by atoms with Gasteiger partial charge in [0.2, 0.25) is 5.91 Å². The second-order valence-corrected chi connectivity index (χ2v) is 6.20. The zero-order valence-electron chi connectivity index (χ0n) is 15.6. The summed E-state index contributed by atoms with van der Waals surface area (Å²) in [6.07, 6.45) is 0.446. The maximum absolute atomic E-state index is 13.0. The van der Waals surface area contributed by atoms with E-state index >= 15 is 0 Å². The lowest BCUT2D eigenvalue weighted by atomic mass is 9.98. The Bertz CT molecular complexity index is 737. The highest BCUT2D eigenvalue weighted by Gasteiger charge is 2.18. The predicted octanol–water partition coefficient (Wildman–Crippen LogP) is 2.80. The summed E-state index contributed by atoms with van der Waals surface area (Å²) in [4.78, 5) is 18.0. The maximum Gasteiger partial charge on any atom is 0.222 e. The fourth-order valence-corrected chi connectivity index (χ4v) is 2.71. The lowest BCUT2D eigenvalue weighted by molar-refractivity contribution is -0.121. The number of hydrogen-bond donors (Lipinski definition) is 2. The first-order valence-corrected chi connectivity index (χ1v) is 8.49. The molecule has 0 aromatic heterocycles. The molecule has 2 rings (SSSR count). The molecule has 1 amide bonds. The zero-order chi connectivity index (χ0) is 18.9. The normalized spacial score (nSPS) is 12.0. The second kappa shape index (κ2) is 11.5. The molecule has 0 spiro atoms. The molecule has 5 nitrogen and oxygen atoms in total. The van der Waals surface area contributed by atoms with Gasteiger partial charge >= 0.3 is 0 Å². The second-order valence-electron chi connectivity index (χ2n) is 6.20. The lowest BCUT2D eigenvalue weighted by Gasteiger charge is -2.24. The number of hydrogen-bond acceptors (Lipinski definition) is 2. The molecule has 0 aliphatic carbocycles. The van der Waals surface area contributed by atoms with Crippen molar-refractivity contribution in [2.45, 2.75) is 13.0 Å². The van der Waals surface area contributed by atoms with E-state index in [0.717, 1.165) is 11.1 Å². The standard InChI is InChI=1S/C20H25FN4O.HI/c1-23-20(25(2)14-16-6-4-3-5-7-16)24-13-17(19(22)26)12-15-8-10-18(21)11-9-15;/h3-11,17H,12-14H2,1-2H3,(H2,22,26)(H,23,24);1H. The third kappa shape index (κ3) is 7.54. The zero-order valence-corrected chi connectivity index (χ0v) is 17.9.